The summed E-state index contributed by atoms with van der Waals surface area (Å²) in [6.45, 7) is 5.79. The number of hydrogen-bond donors (Lipinski definition) is 2. The summed E-state index contributed by atoms with van der Waals surface area (Å²) in [6.07, 6.45) is 7.87. The lowest BCUT2D eigenvalue weighted by molar-refractivity contribution is 0.0189. The SMILES string of the molecule is Cc1ccc2ncc(NC3=CC[C@@]4(CN5CCC4CC5)N3)nc2c1. The Balaban J connectivity index is 1.35. The molecule has 1 aromatic carbocycles. The van der Waals surface area contributed by atoms with Crippen LogP contribution in [0.3, 0.4) is 0 Å². The van der Waals surface area contributed by atoms with Crippen LogP contribution in [0.25, 0.3) is 11.0 Å². The maximum Gasteiger partial charge on any atom is 0.150 e. The number of benzene rings is 1. The third-order valence-electron chi connectivity index (χ3n) is 5.89. The lowest BCUT2D eigenvalue weighted by Crippen LogP contribution is -2.64. The van der Waals surface area contributed by atoms with Gasteiger partial charge in [0.1, 0.15) is 5.82 Å². The molecule has 4 aliphatic rings. The number of nitrogens with zero attached hydrogens (tertiary/aromatic N) is 3. The molecule has 6 rings (SSSR count). The van der Waals surface area contributed by atoms with Crippen molar-refractivity contribution in [2.75, 3.05) is 25.0 Å². The first-order chi connectivity index (χ1) is 11.7. The molecule has 24 heavy (non-hydrogen) atoms. The summed E-state index contributed by atoms with van der Waals surface area (Å²) in [7, 11) is 0. The second-order valence-corrected chi connectivity index (χ2v) is 7.53. The molecule has 3 saturated heterocycles. The van der Waals surface area contributed by atoms with Crippen molar-refractivity contribution in [3.63, 3.8) is 0 Å². The molecule has 0 unspecified atom stereocenters. The predicted octanol–water partition coefficient (Wildman–Crippen LogP) is 2.65. The molecule has 4 aliphatic heterocycles. The maximum atomic E-state index is 4.72. The Kier molecular flexibility index (Phi) is 3.07. The van der Waals surface area contributed by atoms with E-state index in [4.69, 9.17) is 4.98 Å². The minimum atomic E-state index is 0.236. The van der Waals surface area contributed by atoms with E-state index in [1.807, 2.05) is 12.3 Å². The monoisotopic (exact) mass is 321 g/mol. The quantitative estimate of drug-likeness (QED) is 0.890. The van der Waals surface area contributed by atoms with E-state index in [0.717, 1.165) is 35.0 Å². The van der Waals surface area contributed by atoms with Gasteiger partial charge in [-0.15, -0.1) is 0 Å². The van der Waals surface area contributed by atoms with Gasteiger partial charge in [0.25, 0.3) is 0 Å². The summed E-state index contributed by atoms with van der Waals surface area (Å²) < 4.78 is 0. The Morgan fingerprint density at radius 2 is 2.12 bits per heavy atom. The molecule has 5 heterocycles. The van der Waals surface area contributed by atoms with E-state index in [0.29, 0.717) is 0 Å². The molecule has 1 spiro atoms. The van der Waals surface area contributed by atoms with Crippen molar-refractivity contribution >= 4 is 16.9 Å². The Morgan fingerprint density at radius 1 is 1.25 bits per heavy atom. The van der Waals surface area contributed by atoms with Gasteiger partial charge in [0.15, 0.2) is 5.82 Å². The lowest BCUT2D eigenvalue weighted by Gasteiger charge is -2.52. The van der Waals surface area contributed by atoms with Crippen molar-refractivity contribution in [1.29, 1.82) is 0 Å². The molecule has 3 fully saturated rings. The molecule has 2 bridgehead atoms. The van der Waals surface area contributed by atoms with Crippen molar-refractivity contribution in [1.82, 2.24) is 20.2 Å². The molecule has 1 atom stereocenters. The standard InChI is InChI=1S/C19H23N5/c1-13-2-3-15-16(10-13)21-18(11-20-15)22-17-4-7-19(23-17)12-24-8-5-14(19)6-9-24/h2-4,10-11,14,23H,5-9,12H2,1H3,(H,21,22)/t19-/m0/s1. The topological polar surface area (TPSA) is 53.1 Å². The second kappa shape index (κ2) is 5.18. The van der Waals surface area contributed by atoms with Gasteiger partial charge in [0.05, 0.1) is 22.8 Å². The van der Waals surface area contributed by atoms with Gasteiger partial charge in [0, 0.05) is 6.54 Å². The summed E-state index contributed by atoms with van der Waals surface area (Å²) in [5.74, 6) is 2.69. The van der Waals surface area contributed by atoms with Crippen molar-refractivity contribution in [2.24, 2.45) is 5.92 Å². The molecule has 2 aromatic rings. The van der Waals surface area contributed by atoms with Crippen LogP contribution in [0.1, 0.15) is 24.8 Å². The summed E-state index contributed by atoms with van der Waals surface area (Å²) in [4.78, 5) is 11.8. The number of aromatic nitrogens is 2. The van der Waals surface area contributed by atoms with E-state index in [9.17, 15) is 0 Å². The zero-order valence-electron chi connectivity index (χ0n) is 14.0. The van der Waals surface area contributed by atoms with Crippen LogP contribution in [-0.2, 0) is 0 Å². The normalized spacial score (nSPS) is 31.3. The fourth-order valence-corrected chi connectivity index (χ4v) is 4.60. The van der Waals surface area contributed by atoms with Crippen LogP contribution in [-0.4, -0.2) is 40.0 Å². The molecular formula is C19H23N5. The van der Waals surface area contributed by atoms with Gasteiger partial charge in [0.2, 0.25) is 0 Å². The van der Waals surface area contributed by atoms with Gasteiger partial charge in [-0.3, -0.25) is 4.98 Å². The van der Waals surface area contributed by atoms with Crippen molar-refractivity contribution in [3.05, 3.63) is 41.9 Å². The van der Waals surface area contributed by atoms with Crippen LogP contribution in [0.5, 0.6) is 0 Å². The highest BCUT2D eigenvalue weighted by atomic mass is 15.3. The fourth-order valence-electron chi connectivity index (χ4n) is 4.60. The van der Waals surface area contributed by atoms with Gasteiger partial charge in [-0.1, -0.05) is 6.07 Å². The first kappa shape index (κ1) is 14.2. The first-order valence-corrected chi connectivity index (χ1v) is 8.91. The molecule has 5 heteroatoms. The third-order valence-corrected chi connectivity index (χ3v) is 5.89. The molecule has 0 aliphatic carbocycles. The Morgan fingerprint density at radius 3 is 2.92 bits per heavy atom. The van der Waals surface area contributed by atoms with E-state index >= 15 is 0 Å². The summed E-state index contributed by atoms with van der Waals surface area (Å²) in [6, 6.07) is 6.18. The van der Waals surface area contributed by atoms with Crippen LogP contribution in [0.15, 0.2) is 36.3 Å². The molecule has 0 saturated carbocycles. The highest BCUT2D eigenvalue weighted by Crippen LogP contribution is 2.41. The number of nitrogens with one attached hydrogen (secondary N) is 2. The largest absolute Gasteiger partial charge is 0.365 e. The molecule has 1 aromatic heterocycles. The fraction of sp³-hybridized carbons (Fsp3) is 0.474. The number of aryl methyl sites for hydroxylation is 1. The number of fused-ring (bicyclic) bond motifs is 3. The van der Waals surface area contributed by atoms with Gasteiger partial charge in [-0.2, -0.15) is 0 Å². The van der Waals surface area contributed by atoms with E-state index in [-0.39, 0.29) is 5.54 Å². The molecule has 2 N–H and O–H groups in total. The van der Waals surface area contributed by atoms with Crippen molar-refractivity contribution in [3.8, 4) is 0 Å². The lowest BCUT2D eigenvalue weighted by atomic mass is 9.72. The Labute approximate surface area is 142 Å². The van der Waals surface area contributed by atoms with Crippen LogP contribution in [0.4, 0.5) is 5.82 Å². The number of piperidine rings is 3. The Hall–Kier alpha value is -2.14. The highest BCUT2D eigenvalue weighted by Gasteiger charge is 2.48. The summed E-state index contributed by atoms with van der Waals surface area (Å²) in [5.41, 5.74) is 3.32. The minimum absolute atomic E-state index is 0.236. The highest BCUT2D eigenvalue weighted by molar-refractivity contribution is 5.76. The van der Waals surface area contributed by atoms with Crippen molar-refractivity contribution in [2.45, 2.75) is 31.7 Å². The third kappa shape index (κ3) is 2.26. The van der Waals surface area contributed by atoms with Crippen LogP contribution < -0.4 is 10.6 Å². The minimum Gasteiger partial charge on any atom is -0.365 e. The zero-order chi connectivity index (χ0) is 16.1. The van der Waals surface area contributed by atoms with Gasteiger partial charge < -0.3 is 15.5 Å². The second-order valence-electron chi connectivity index (χ2n) is 7.53. The average Bonchev–Trinajstić information content (AvgIpc) is 2.97. The number of hydrogen-bond acceptors (Lipinski definition) is 5. The van der Waals surface area contributed by atoms with Gasteiger partial charge in [-0.05, 0) is 69.0 Å². The van der Waals surface area contributed by atoms with E-state index in [2.05, 4.69) is 45.6 Å². The van der Waals surface area contributed by atoms with Crippen LogP contribution in [0, 0.1) is 12.8 Å². The predicted molar refractivity (Wildman–Crippen MR) is 95.6 cm³/mol. The number of anilines is 1. The average molecular weight is 321 g/mol. The van der Waals surface area contributed by atoms with Crippen LogP contribution >= 0.6 is 0 Å². The molecule has 0 amide bonds. The number of rotatable bonds is 2. The first-order valence-electron chi connectivity index (χ1n) is 8.91. The molecule has 5 nitrogen and oxygen atoms in total. The van der Waals surface area contributed by atoms with Crippen molar-refractivity contribution < 1.29 is 0 Å². The molecule has 124 valence electrons. The summed E-state index contributed by atoms with van der Waals surface area (Å²) >= 11 is 0. The van der Waals surface area contributed by atoms with Gasteiger partial charge >= 0.3 is 0 Å². The summed E-state index contributed by atoms with van der Waals surface area (Å²) in [5, 5.41) is 7.23. The van der Waals surface area contributed by atoms with E-state index in [1.54, 1.807) is 0 Å². The zero-order valence-corrected chi connectivity index (χ0v) is 14.0. The van der Waals surface area contributed by atoms with E-state index in [1.165, 1.54) is 38.0 Å². The Bertz CT molecular complexity index is 822. The van der Waals surface area contributed by atoms with Crippen LogP contribution in [0.2, 0.25) is 0 Å². The molecular weight excluding hydrogens is 298 g/mol. The van der Waals surface area contributed by atoms with E-state index < -0.39 is 0 Å². The maximum absolute atomic E-state index is 4.72. The van der Waals surface area contributed by atoms with Gasteiger partial charge in [-0.25, -0.2) is 4.98 Å². The smallest absolute Gasteiger partial charge is 0.150 e. The molecule has 0 radical (unpaired) electrons.